The Morgan fingerprint density at radius 1 is 1.13 bits per heavy atom. The highest BCUT2D eigenvalue weighted by molar-refractivity contribution is 5.87. The smallest absolute Gasteiger partial charge is 0.408 e. The maximum absolute atomic E-state index is 11.8. The monoisotopic (exact) mass is 315 g/mol. The van der Waals surface area contributed by atoms with E-state index in [4.69, 9.17) is 4.74 Å². The molecule has 122 valence electrons. The van der Waals surface area contributed by atoms with Gasteiger partial charge in [-0.25, -0.2) is 9.59 Å². The van der Waals surface area contributed by atoms with Crippen molar-refractivity contribution in [3.05, 3.63) is 48.0 Å². The quantitative estimate of drug-likeness (QED) is 0.907. The van der Waals surface area contributed by atoms with Crippen LogP contribution >= 0.6 is 0 Å². The number of carbonyl (C=O) groups is 2. The number of nitrogens with one attached hydrogen (secondary N) is 1. The molecule has 0 spiro atoms. The zero-order valence-electron chi connectivity index (χ0n) is 13.5. The predicted octanol–water partition coefficient (Wildman–Crippen LogP) is 3.36. The Bertz CT molecular complexity index is 713. The van der Waals surface area contributed by atoms with Crippen molar-refractivity contribution < 1.29 is 19.4 Å². The first-order valence-electron chi connectivity index (χ1n) is 7.45. The van der Waals surface area contributed by atoms with Crippen LogP contribution in [0.25, 0.3) is 10.8 Å². The molecule has 0 unspecified atom stereocenters. The van der Waals surface area contributed by atoms with Crippen molar-refractivity contribution in [3.63, 3.8) is 0 Å². The zero-order chi connectivity index (χ0) is 17.0. The lowest BCUT2D eigenvalue weighted by Crippen LogP contribution is -2.44. The van der Waals surface area contributed by atoms with Gasteiger partial charge in [0.05, 0.1) is 0 Å². The minimum absolute atomic E-state index is 0.190. The van der Waals surface area contributed by atoms with Crippen LogP contribution in [0.2, 0.25) is 0 Å². The highest BCUT2D eigenvalue weighted by Gasteiger charge is 2.24. The summed E-state index contributed by atoms with van der Waals surface area (Å²) in [5.41, 5.74) is 0.193. The number of fused-ring (bicyclic) bond motifs is 1. The maximum Gasteiger partial charge on any atom is 0.408 e. The van der Waals surface area contributed by atoms with Gasteiger partial charge in [-0.2, -0.15) is 0 Å². The van der Waals surface area contributed by atoms with E-state index in [2.05, 4.69) is 5.32 Å². The minimum Gasteiger partial charge on any atom is -0.480 e. The number of ether oxygens (including phenoxy) is 1. The van der Waals surface area contributed by atoms with Crippen molar-refractivity contribution in [2.45, 2.75) is 38.8 Å². The number of carbonyl (C=O) groups excluding carboxylic acids is 1. The van der Waals surface area contributed by atoms with E-state index < -0.39 is 23.7 Å². The maximum atomic E-state index is 11.8. The second-order valence-electron chi connectivity index (χ2n) is 6.38. The summed E-state index contributed by atoms with van der Waals surface area (Å²) < 4.78 is 5.13. The van der Waals surface area contributed by atoms with Gasteiger partial charge in [0.15, 0.2) is 0 Å². The third-order valence-electron chi connectivity index (χ3n) is 3.29. The van der Waals surface area contributed by atoms with E-state index in [1.54, 1.807) is 20.8 Å². The van der Waals surface area contributed by atoms with Gasteiger partial charge in [0.2, 0.25) is 0 Å². The van der Waals surface area contributed by atoms with Crippen molar-refractivity contribution in [1.29, 1.82) is 0 Å². The number of rotatable bonds is 4. The summed E-state index contributed by atoms with van der Waals surface area (Å²) in [6.07, 6.45) is -0.541. The molecule has 2 aromatic carbocycles. The standard InChI is InChI=1S/C18H21NO4/c1-18(2,3)23-17(22)19-15(16(20)21)11-13-9-6-8-12-7-4-5-10-14(12)13/h4-10,15H,11H2,1-3H3,(H,19,22)(H,20,21)/t15-/m0/s1. The van der Waals surface area contributed by atoms with Gasteiger partial charge in [0, 0.05) is 6.42 Å². The zero-order valence-corrected chi connectivity index (χ0v) is 13.5. The van der Waals surface area contributed by atoms with E-state index in [0.29, 0.717) is 0 Å². The molecule has 0 radical (unpaired) electrons. The molecule has 0 aliphatic carbocycles. The van der Waals surface area contributed by atoms with Crippen LogP contribution in [-0.2, 0) is 16.0 Å². The van der Waals surface area contributed by atoms with Gasteiger partial charge < -0.3 is 15.2 Å². The summed E-state index contributed by atoms with van der Waals surface area (Å²) in [4.78, 5) is 23.3. The van der Waals surface area contributed by atoms with Crippen LogP contribution in [0.5, 0.6) is 0 Å². The first-order chi connectivity index (χ1) is 10.8. The largest absolute Gasteiger partial charge is 0.480 e. The number of amides is 1. The highest BCUT2D eigenvalue weighted by Crippen LogP contribution is 2.20. The predicted molar refractivity (Wildman–Crippen MR) is 88.4 cm³/mol. The molecule has 2 N–H and O–H groups in total. The van der Waals surface area contributed by atoms with Gasteiger partial charge >= 0.3 is 12.1 Å². The molecule has 5 heteroatoms. The van der Waals surface area contributed by atoms with Crippen LogP contribution in [0.4, 0.5) is 4.79 Å². The molecule has 1 amide bonds. The van der Waals surface area contributed by atoms with Gasteiger partial charge in [-0.1, -0.05) is 42.5 Å². The molecule has 5 nitrogen and oxygen atoms in total. The molecule has 0 aliphatic rings. The minimum atomic E-state index is -1.09. The number of hydrogen-bond acceptors (Lipinski definition) is 3. The molecular formula is C18H21NO4. The van der Waals surface area contributed by atoms with Gasteiger partial charge in [0.25, 0.3) is 0 Å². The lowest BCUT2D eigenvalue weighted by atomic mass is 9.99. The molecule has 0 aliphatic heterocycles. The number of hydrogen-bond donors (Lipinski definition) is 2. The van der Waals surface area contributed by atoms with E-state index in [9.17, 15) is 14.7 Å². The Hall–Kier alpha value is -2.56. The Balaban J connectivity index is 2.19. The first-order valence-corrected chi connectivity index (χ1v) is 7.45. The van der Waals surface area contributed by atoms with Gasteiger partial charge in [0.1, 0.15) is 11.6 Å². The van der Waals surface area contributed by atoms with Crippen molar-refractivity contribution in [2.75, 3.05) is 0 Å². The van der Waals surface area contributed by atoms with Crippen LogP contribution in [0.3, 0.4) is 0 Å². The number of alkyl carbamates (subject to hydrolysis) is 1. The van der Waals surface area contributed by atoms with E-state index in [-0.39, 0.29) is 6.42 Å². The molecule has 0 saturated heterocycles. The van der Waals surface area contributed by atoms with Gasteiger partial charge in [-0.15, -0.1) is 0 Å². The molecule has 0 fully saturated rings. The molecule has 0 heterocycles. The fourth-order valence-corrected chi connectivity index (χ4v) is 2.34. The van der Waals surface area contributed by atoms with Crippen LogP contribution in [0, 0.1) is 0 Å². The van der Waals surface area contributed by atoms with Crippen LogP contribution in [0.1, 0.15) is 26.3 Å². The van der Waals surface area contributed by atoms with Crippen molar-refractivity contribution in [1.82, 2.24) is 5.32 Å². The summed E-state index contributed by atoms with van der Waals surface area (Å²) >= 11 is 0. The van der Waals surface area contributed by atoms with E-state index in [0.717, 1.165) is 16.3 Å². The van der Waals surface area contributed by atoms with E-state index in [1.165, 1.54) is 0 Å². The molecular weight excluding hydrogens is 294 g/mol. The summed E-state index contributed by atoms with van der Waals surface area (Å²) in [6, 6.07) is 12.4. The van der Waals surface area contributed by atoms with Gasteiger partial charge in [-0.05, 0) is 37.1 Å². The molecule has 0 bridgehead atoms. The molecule has 2 aromatic rings. The van der Waals surface area contributed by atoms with Crippen LogP contribution in [-0.4, -0.2) is 28.8 Å². The Kier molecular flexibility index (Phi) is 4.89. The summed E-state index contributed by atoms with van der Waals surface area (Å²) in [6.45, 7) is 5.19. The third kappa shape index (κ3) is 4.71. The SMILES string of the molecule is CC(C)(C)OC(=O)N[C@@H](Cc1cccc2ccccc12)C(=O)O. The third-order valence-corrected chi connectivity index (χ3v) is 3.29. The average molecular weight is 315 g/mol. The second-order valence-corrected chi connectivity index (χ2v) is 6.38. The van der Waals surface area contributed by atoms with Gasteiger partial charge in [-0.3, -0.25) is 0 Å². The Labute approximate surface area is 135 Å². The summed E-state index contributed by atoms with van der Waals surface area (Å²) in [5, 5.41) is 13.8. The topological polar surface area (TPSA) is 75.6 Å². The van der Waals surface area contributed by atoms with E-state index in [1.807, 2.05) is 42.5 Å². The molecule has 1 atom stereocenters. The number of aliphatic carboxylic acids is 1. The molecule has 23 heavy (non-hydrogen) atoms. The van der Waals surface area contributed by atoms with Crippen molar-refractivity contribution >= 4 is 22.8 Å². The van der Waals surface area contributed by atoms with Crippen LogP contribution in [0.15, 0.2) is 42.5 Å². The van der Waals surface area contributed by atoms with Crippen molar-refractivity contribution in [2.24, 2.45) is 0 Å². The highest BCUT2D eigenvalue weighted by atomic mass is 16.6. The molecule has 2 rings (SSSR count). The normalized spacial score (nSPS) is 12.7. The number of carboxylic acids is 1. The number of carboxylic acid groups (broad SMARTS) is 1. The second kappa shape index (κ2) is 6.69. The lowest BCUT2D eigenvalue weighted by molar-refractivity contribution is -0.139. The average Bonchev–Trinajstić information content (AvgIpc) is 2.44. The number of benzene rings is 2. The Morgan fingerprint density at radius 3 is 2.43 bits per heavy atom. The molecule has 0 aromatic heterocycles. The molecule has 0 saturated carbocycles. The Morgan fingerprint density at radius 2 is 1.78 bits per heavy atom. The summed E-state index contributed by atoms with van der Waals surface area (Å²) in [7, 11) is 0. The first kappa shape index (κ1) is 16.8. The fourth-order valence-electron chi connectivity index (χ4n) is 2.34. The summed E-state index contributed by atoms with van der Waals surface area (Å²) in [5.74, 6) is -1.09. The van der Waals surface area contributed by atoms with E-state index >= 15 is 0 Å². The lowest BCUT2D eigenvalue weighted by Gasteiger charge is -2.22. The van der Waals surface area contributed by atoms with Crippen LogP contribution < -0.4 is 5.32 Å². The fraction of sp³-hybridized carbons (Fsp3) is 0.333. The van der Waals surface area contributed by atoms with Crippen molar-refractivity contribution in [3.8, 4) is 0 Å².